The lowest BCUT2D eigenvalue weighted by atomic mass is 10.2. The topological polar surface area (TPSA) is 12.5 Å². The van der Waals surface area contributed by atoms with E-state index in [-0.39, 0.29) is 6.23 Å². The summed E-state index contributed by atoms with van der Waals surface area (Å²) in [5, 5.41) is 0. The van der Waals surface area contributed by atoms with E-state index in [0.29, 0.717) is 0 Å². The Morgan fingerprint density at radius 2 is 2.08 bits per heavy atom. The van der Waals surface area contributed by atoms with Crippen LogP contribution < -0.4 is 0 Å². The van der Waals surface area contributed by atoms with Crippen LogP contribution in [0.15, 0.2) is 0 Å². The highest BCUT2D eigenvalue weighted by Gasteiger charge is 2.11. The molecule has 12 heavy (non-hydrogen) atoms. The molecule has 0 radical (unpaired) electrons. The number of halogens is 1. The highest BCUT2D eigenvalue weighted by molar-refractivity contribution is 14.1. The van der Waals surface area contributed by atoms with Crippen LogP contribution in [-0.4, -0.2) is 35.8 Å². The van der Waals surface area contributed by atoms with Gasteiger partial charge in [-0.15, -0.1) is 0 Å². The Bertz CT molecular complexity index is 111. The Balaban J connectivity index is 3.59. The van der Waals surface area contributed by atoms with Gasteiger partial charge in [0.15, 0.2) is 0 Å². The molecule has 0 fully saturated rings. The predicted octanol–water partition coefficient (Wildman–Crippen LogP) is 2.51. The zero-order chi connectivity index (χ0) is 9.56. The van der Waals surface area contributed by atoms with Crippen molar-refractivity contribution in [3.05, 3.63) is 0 Å². The van der Waals surface area contributed by atoms with Gasteiger partial charge in [0.25, 0.3) is 0 Å². The molecule has 0 aliphatic carbocycles. The zero-order valence-corrected chi connectivity index (χ0v) is 10.7. The summed E-state index contributed by atoms with van der Waals surface area (Å²) >= 11 is 2.51. The minimum Gasteiger partial charge on any atom is -0.367 e. The molecule has 0 aromatic rings. The average Bonchev–Trinajstić information content (AvgIpc) is 2.03. The number of nitrogens with zero attached hydrogens (tertiary/aromatic N) is 1. The molecule has 0 saturated carbocycles. The van der Waals surface area contributed by atoms with E-state index in [2.05, 4.69) is 48.4 Å². The highest BCUT2D eigenvalue weighted by atomic mass is 127. The zero-order valence-electron chi connectivity index (χ0n) is 8.51. The molecule has 0 saturated heterocycles. The molecular weight excluding hydrogens is 265 g/mol. The molecule has 0 aromatic heterocycles. The van der Waals surface area contributed by atoms with Crippen LogP contribution in [0.2, 0.25) is 0 Å². The molecule has 2 nitrogen and oxygen atoms in total. The van der Waals surface area contributed by atoms with Crippen molar-refractivity contribution in [2.24, 2.45) is 0 Å². The molecule has 0 amide bonds. The fourth-order valence-electron chi connectivity index (χ4n) is 1.05. The summed E-state index contributed by atoms with van der Waals surface area (Å²) in [5.41, 5.74) is 0. The molecule has 2 atom stereocenters. The summed E-state index contributed by atoms with van der Waals surface area (Å²) in [6, 6.07) is 0. The summed E-state index contributed by atoms with van der Waals surface area (Å²) in [6.45, 7) is 5.42. The van der Waals surface area contributed by atoms with E-state index in [9.17, 15) is 0 Å². The number of rotatable bonds is 6. The molecule has 0 heterocycles. The number of alkyl halides is 1. The van der Waals surface area contributed by atoms with Crippen molar-refractivity contribution in [3.8, 4) is 0 Å². The van der Waals surface area contributed by atoms with Crippen molar-refractivity contribution >= 4 is 22.6 Å². The standard InChI is InChI=1S/C9H20INO/c1-5-6-9(10)7-11(3)8(2)12-4/h8-9H,5-7H2,1-4H3/t8-,9-/m1/s1. The van der Waals surface area contributed by atoms with Gasteiger partial charge in [0.2, 0.25) is 0 Å². The Kier molecular flexibility index (Phi) is 7.48. The van der Waals surface area contributed by atoms with Gasteiger partial charge in [0, 0.05) is 17.6 Å². The first-order valence-electron chi connectivity index (χ1n) is 4.48. The average molecular weight is 285 g/mol. The molecule has 0 bridgehead atoms. The third-order valence-corrected chi connectivity index (χ3v) is 3.07. The molecule has 0 spiro atoms. The van der Waals surface area contributed by atoms with Gasteiger partial charge in [0.1, 0.15) is 6.23 Å². The second kappa shape index (κ2) is 7.09. The van der Waals surface area contributed by atoms with Crippen molar-refractivity contribution in [3.63, 3.8) is 0 Å². The fraction of sp³-hybridized carbons (Fsp3) is 1.00. The monoisotopic (exact) mass is 285 g/mol. The maximum absolute atomic E-state index is 5.21. The molecular formula is C9H20INO. The summed E-state index contributed by atoms with van der Waals surface area (Å²) in [6.07, 6.45) is 2.79. The second-order valence-corrected chi connectivity index (χ2v) is 4.92. The fourth-order valence-corrected chi connectivity index (χ4v) is 2.29. The quantitative estimate of drug-likeness (QED) is 0.422. The van der Waals surface area contributed by atoms with E-state index in [1.165, 1.54) is 12.8 Å². The molecule has 74 valence electrons. The summed E-state index contributed by atoms with van der Waals surface area (Å²) in [7, 11) is 3.86. The minimum absolute atomic E-state index is 0.235. The lowest BCUT2D eigenvalue weighted by molar-refractivity contribution is -0.00258. The maximum Gasteiger partial charge on any atom is 0.107 e. The Morgan fingerprint density at radius 3 is 2.50 bits per heavy atom. The molecule has 0 aromatic carbocycles. The Morgan fingerprint density at radius 1 is 1.50 bits per heavy atom. The van der Waals surface area contributed by atoms with Crippen LogP contribution in [0.1, 0.15) is 26.7 Å². The van der Waals surface area contributed by atoms with Crippen LogP contribution in [0.3, 0.4) is 0 Å². The second-order valence-electron chi connectivity index (χ2n) is 3.16. The van der Waals surface area contributed by atoms with Crippen LogP contribution in [0, 0.1) is 0 Å². The van der Waals surface area contributed by atoms with E-state index < -0.39 is 0 Å². The first kappa shape index (κ1) is 12.7. The van der Waals surface area contributed by atoms with Gasteiger partial charge in [-0.05, 0) is 20.4 Å². The van der Waals surface area contributed by atoms with Crippen molar-refractivity contribution < 1.29 is 4.74 Å². The van der Waals surface area contributed by atoms with Crippen LogP contribution in [0.5, 0.6) is 0 Å². The van der Waals surface area contributed by atoms with E-state index in [1.807, 2.05) is 0 Å². The van der Waals surface area contributed by atoms with Gasteiger partial charge in [-0.1, -0.05) is 35.9 Å². The molecule has 0 unspecified atom stereocenters. The van der Waals surface area contributed by atoms with Crippen LogP contribution in [0.4, 0.5) is 0 Å². The third kappa shape index (κ3) is 5.32. The van der Waals surface area contributed by atoms with E-state index in [1.54, 1.807) is 7.11 Å². The van der Waals surface area contributed by atoms with Crippen LogP contribution in [0.25, 0.3) is 0 Å². The van der Waals surface area contributed by atoms with E-state index in [4.69, 9.17) is 4.74 Å². The van der Waals surface area contributed by atoms with Gasteiger partial charge in [0.05, 0.1) is 0 Å². The van der Waals surface area contributed by atoms with Crippen molar-refractivity contribution in [1.29, 1.82) is 0 Å². The highest BCUT2D eigenvalue weighted by Crippen LogP contribution is 2.11. The molecule has 0 N–H and O–H groups in total. The third-order valence-electron chi connectivity index (χ3n) is 2.05. The lowest BCUT2D eigenvalue weighted by Crippen LogP contribution is -2.34. The van der Waals surface area contributed by atoms with Gasteiger partial charge in [-0.25, -0.2) is 0 Å². The van der Waals surface area contributed by atoms with E-state index in [0.717, 1.165) is 10.5 Å². The van der Waals surface area contributed by atoms with E-state index >= 15 is 0 Å². The molecule has 0 rings (SSSR count). The molecule has 0 aliphatic rings. The molecule has 3 heteroatoms. The summed E-state index contributed by atoms with van der Waals surface area (Å²) in [4.78, 5) is 2.24. The van der Waals surface area contributed by atoms with Crippen molar-refractivity contribution in [2.75, 3.05) is 20.7 Å². The Hall–Kier alpha value is 0.650. The van der Waals surface area contributed by atoms with Gasteiger partial charge in [-0.2, -0.15) is 0 Å². The van der Waals surface area contributed by atoms with Crippen molar-refractivity contribution in [1.82, 2.24) is 4.90 Å². The number of hydrogen-bond acceptors (Lipinski definition) is 2. The van der Waals surface area contributed by atoms with Gasteiger partial charge in [-0.3, -0.25) is 4.90 Å². The first-order chi connectivity index (χ1) is 5.61. The summed E-state index contributed by atoms with van der Waals surface area (Å²) in [5.74, 6) is 0. The molecule has 0 aliphatic heterocycles. The smallest absolute Gasteiger partial charge is 0.107 e. The summed E-state index contributed by atoms with van der Waals surface area (Å²) < 4.78 is 5.96. The largest absolute Gasteiger partial charge is 0.367 e. The lowest BCUT2D eigenvalue weighted by Gasteiger charge is -2.25. The predicted molar refractivity (Wildman–Crippen MR) is 61.8 cm³/mol. The minimum atomic E-state index is 0.235. The normalized spacial score (nSPS) is 16.5. The number of hydrogen-bond donors (Lipinski definition) is 0. The van der Waals surface area contributed by atoms with Crippen molar-refractivity contribution in [2.45, 2.75) is 36.8 Å². The number of ether oxygens (including phenoxy) is 1. The maximum atomic E-state index is 5.21. The van der Waals surface area contributed by atoms with Gasteiger partial charge < -0.3 is 4.74 Å². The Labute approximate surface area is 89.8 Å². The van der Waals surface area contributed by atoms with Gasteiger partial charge >= 0.3 is 0 Å². The first-order valence-corrected chi connectivity index (χ1v) is 5.73. The van der Waals surface area contributed by atoms with Crippen LogP contribution in [-0.2, 0) is 4.74 Å². The van der Waals surface area contributed by atoms with Crippen LogP contribution >= 0.6 is 22.6 Å². The number of methoxy groups -OCH3 is 1. The SMILES string of the molecule is CCC[C@@H](I)CN(C)[C@@H](C)OC.